The van der Waals surface area contributed by atoms with Crippen LogP contribution in [0.3, 0.4) is 0 Å². The molecular formula is C15H19NO3S. The molecule has 1 aromatic carbocycles. The first-order valence-electron chi connectivity index (χ1n) is 6.65. The minimum Gasteiger partial charge on any atom is -0.493 e. The lowest BCUT2D eigenvalue weighted by atomic mass is 10.2. The Balaban J connectivity index is 2.21. The number of hydrogen-bond donors (Lipinski definition) is 1. The number of methoxy groups -OCH3 is 1. The van der Waals surface area contributed by atoms with Crippen LogP contribution in [0.5, 0.6) is 11.5 Å². The number of hydrogen-bond acceptors (Lipinski definition) is 5. The Morgan fingerprint density at radius 2 is 2.15 bits per heavy atom. The van der Waals surface area contributed by atoms with Gasteiger partial charge in [-0.2, -0.15) is 0 Å². The number of aliphatic hydroxyl groups is 1. The molecule has 1 heterocycles. The van der Waals surface area contributed by atoms with E-state index in [4.69, 9.17) is 14.6 Å². The monoisotopic (exact) mass is 293 g/mol. The van der Waals surface area contributed by atoms with Crippen LogP contribution in [0.1, 0.15) is 19.0 Å². The summed E-state index contributed by atoms with van der Waals surface area (Å²) in [6, 6.07) is 5.84. The van der Waals surface area contributed by atoms with Gasteiger partial charge in [-0.15, -0.1) is 11.3 Å². The van der Waals surface area contributed by atoms with Crippen molar-refractivity contribution in [2.45, 2.75) is 19.8 Å². The third-order valence-corrected chi connectivity index (χ3v) is 3.79. The number of thiazole rings is 1. The summed E-state index contributed by atoms with van der Waals surface area (Å²) in [5, 5.41) is 11.8. The fraction of sp³-hybridized carbons (Fsp3) is 0.400. The zero-order valence-electron chi connectivity index (χ0n) is 11.8. The van der Waals surface area contributed by atoms with Crippen molar-refractivity contribution in [2.75, 3.05) is 20.3 Å². The van der Waals surface area contributed by atoms with Gasteiger partial charge in [-0.1, -0.05) is 0 Å². The molecule has 20 heavy (non-hydrogen) atoms. The van der Waals surface area contributed by atoms with Crippen molar-refractivity contribution >= 4 is 11.3 Å². The van der Waals surface area contributed by atoms with Crippen molar-refractivity contribution in [1.29, 1.82) is 0 Å². The first-order chi connectivity index (χ1) is 9.78. The largest absolute Gasteiger partial charge is 0.493 e. The van der Waals surface area contributed by atoms with Gasteiger partial charge < -0.3 is 14.6 Å². The molecule has 1 N–H and O–H groups in total. The van der Waals surface area contributed by atoms with E-state index >= 15 is 0 Å². The first-order valence-corrected chi connectivity index (χ1v) is 7.53. The molecule has 5 heteroatoms. The number of rotatable bonds is 7. The second-order valence-electron chi connectivity index (χ2n) is 4.27. The summed E-state index contributed by atoms with van der Waals surface area (Å²) in [6.07, 6.45) is 1.55. The number of benzene rings is 1. The Morgan fingerprint density at radius 3 is 2.85 bits per heavy atom. The Hall–Kier alpha value is -1.59. The lowest BCUT2D eigenvalue weighted by molar-refractivity contribution is 0.288. The van der Waals surface area contributed by atoms with Gasteiger partial charge in [0.15, 0.2) is 11.5 Å². The van der Waals surface area contributed by atoms with Crippen molar-refractivity contribution < 1.29 is 14.6 Å². The molecule has 0 saturated heterocycles. The zero-order chi connectivity index (χ0) is 14.4. The zero-order valence-corrected chi connectivity index (χ0v) is 12.6. The van der Waals surface area contributed by atoms with E-state index in [0.29, 0.717) is 6.61 Å². The number of nitrogens with zero attached hydrogens (tertiary/aromatic N) is 1. The van der Waals surface area contributed by atoms with Crippen LogP contribution in [-0.2, 0) is 6.42 Å². The van der Waals surface area contributed by atoms with Crippen LogP contribution in [0, 0.1) is 0 Å². The van der Waals surface area contributed by atoms with Crippen LogP contribution in [0.4, 0.5) is 0 Å². The van der Waals surface area contributed by atoms with Gasteiger partial charge in [0.2, 0.25) is 0 Å². The second kappa shape index (κ2) is 7.26. The smallest absolute Gasteiger partial charge is 0.161 e. The predicted molar refractivity (Wildman–Crippen MR) is 80.7 cm³/mol. The lowest BCUT2D eigenvalue weighted by Crippen LogP contribution is -1.95. The average molecular weight is 293 g/mol. The van der Waals surface area contributed by atoms with E-state index < -0.39 is 0 Å². The Labute approximate surface area is 123 Å². The van der Waals surface area contributed by atoms with Crippen molar-refractivity contribution in [3.8, 4) is 22.1 Å². The molecule has 0 aliphatic carbocycles. The molecule has 2 rings (SSSR count). The van der Waals surface area contributed by atoms with Crippen molar-refractivity contribution in [1.82, 2.24) is 4.98 Å². The van der Waals surface area contributed by atoms with E-state index in [9.17, 15) is 0 Å². The molecule has 108 valence electrons. The quantitative estimate of drug-likeness (QED) is 0.852. The van der Waals surface area contributed by atoms with Crippen LogP contribution in [-0.4, -0.2) is 30.4 Å². The molecule has 0 unspecified atom stereocenters. The minimum atomic E-state index is 0.198. The van der Waals surface area contributed by atoms with Crippen LogP contribution in [0.2, 0.25) is 0 Å². The van der Waals surface area contributed by atoms with Crippen molar-refractivity contribution in [2.24, 2.45) is 0 Å². The minimum absolute atomic E-state index is 0.198. The van der Waals surface area contributed by atoms with Gasteiger partial charge in [-0.3, -0.25) is 0 Å². The fourth-order valence-corrected chi connectivity index (χ4v) is 2.74. The third kappa shape index (κ3) is 3.49. The summed E-state index contributed by atoms with van der Waals surface area (Å²) < 4.78 is 10.9. The lowest BCUT2D eigenvalue weighted by Gasteiger charge is -2.09. The maximum absolute atomic E-state index is 8.85. The molecule has 0 spiro atoms. The summed E-state index contributed by atoms with van der Waals surface area (Å²) >= 11 is 1.60. The van der Waals surface area contributed by atoms with Gasteiger partial charge in [0.25, 0.3) is 0 Å². The van der Waals surface area contributed by atoms with Gasteiger partial charge in [-0.25, -0.2) is 4.98 Å². The maximum Gasteiger partial charge on any atom is 0.161 e. The topological polar surface area (TPSA) is 51.6 Å². The van der Waals surface area contributed by atoms with Crippen LogP contribution >= 0.6 is 11.3 Å². The van der Waals surface area contributed by atoms with E-state index in [1.807, 2.05) is 30.5 Å². The summed E-state index contributed by atoms with van der Waals surface area (Å²) in [4.78, 5) is 4.58. The number of aryl methyl sites for hydroxylation is 1. The Bertz CT molecular complexity index is 554. The molecule has 2 aromatic rings. The normalized spacial score (nSPS) is 10.6. The summed E-state index contributed by atoms with van der Waals surface area (Å²) in [7, 11) is 1.64. The molecule has 0 aliphatic heterocycles. The molecule has 0 radical (unpaired) electrons. The average Bonchev–Trinajstić information content (AvgIpc) is 2.94. The summed E-state index contributed by atoms with van der Waals surface area (Å²) in [6.45, 7) is 2.75. The molecular weight excluding hydrogens is 274 g/mol. The van der Waals surface area contributed by atoms with E-state index in [1.54, 1.807) is 18.4 Å². The second-order valence-corrected chi connectivity index (χ2v) is 5.13. The highest BCUT2D eigenvalue weighted by Crippen LogP contribution is 2.33. The van der Waals surface area contributed by atoms with Gasteiger partial charge >= 0.3 is 0 Å². The van der Waals surface area contributed by atoms with E-state index in [1.165, 1.54) is 0 Å². The summed E-state index contributed by atoms with van der Waals surface area (Å²) in [5.41, 5.74) is 2.04. The van der Waals surface area contributed by atoms with Crippen LogP contribution in [0.15, 0.2) is 23.6 Å². The molecule has 0 atom stereocenters. The van der Waals surface area contributed by atoms with Gasteiger partial charge in [0.05, 0.1) is 19.4 Å². The number of aromatic nitrogens is 1. The number of ether oxygens (including phenoxy) is 2. The summed E-state index contributed by atoms with van der Waals surface area (Å²) in [5.74, 6) is 1.47. The first kappa shape index (κ1) is 14.8. The van der Waals surface area contributed by atoms with E-state index in [2.05, 4.69) is 4.98 Å². The maximum atomic E-state index is 8.85. The highest BCUT2D eigenvalue weighted by molar-refractivity contribution is 7.13. The highest BCUT2D eigenvalue weighted by Gasteiger charge is 2.09. The predicted octanol–water partition coefficient (Wildman–Crippen LogP) is 3.14. The molecule has 0 aliphatic rings. The van der Waals surface area contributed by atoms with E-state index in [-0.39, 0.29) is 6.61 Å². The Morgan fingerprint density at radius 1 is 1.30 bits per heavy atom. The third-order valence-electron chi connectivity index (χ3n) is 2.85. The van der Waals surface area contributed by atoms with Crippen LogP contribution < -0.4 is 9.47 Å². The van der Waals surface area contributed by atoms with Crippen molar-refractivity contribution in [3.63, 3.8) is 0 Å². The van der Waals surface area contributed by atoms with Gasteiger partial charge in [0, 0.05) is 17.6 Å². The molecule has 0 bridgehead atoms. The van der Waals surface area contributed by atoms with Gasteiger partial charge in [-0.05, 0) is 38.0 Å². The molecule has 0 amide bonds. The van der Waals surface area contributed by atoms with Crippen LogP contribution in [0.25, 0.3) is 10.6 Å². The number of aliphatic hydroxyl groups excluding tert-OH is 1. The molecule has 1 aromatic heterocycles. The van der Waals surface area contributed by atoms with E-state index in [0.717, 1.165) is 40.6 Å². The highest BCUT2D eigenvalue weighted by atomic mass is 32.1. The SMILES string of the molecule is CCOc1ccc(-c2nc(CCCO)cs2)cc1OC. The molecule has 0 saturated carbocycles. The molecule has 4 nitrogen and oxygen atoms in total. The van der Waals surface area contributed by atoms with Gasteiger partial charge in [0.1, 0.15) is 5.01 Å². The standard InChI is InChI=1S/C15H19NO3S/c1-3-19-13-7-6-11(9-14(13)18-2)15-16-12(10-20-15)5-4-8-17/h6-7,9-10,17H,3-5,8H2,1-2H3. The molecule has 0 fully saturated rings. The fourth-order valence-electron chi connectivity index (χ4n) is 1.89. The van der Waals surface area contributed by atoms with Crippen molar-refractivity contribution in [3.05, 3.63) is 29.3 Å². The Kier molecular flexibility index (Phi) is 5.38.